The van der Waals surface area contributed by atoms with Gasteiger partial charge in [-0.25, -0.2) is 4.99 Å². The van der Waals surface area contributed by atoms with E-state index in [1.54, 1.807) is 19.0 Å². The van der Waals surface area contributed by atoms with Gasteiger partial charge in [0.05, 0.1) is 18.8 Å². The van der Waals surface area contributed by atoms with Crippen LogP contribution in [0.2, 0.25) is 0 Å². The second-order valence-electron chi connectivity index (χ2n) is 7.91. The Morgan fingerprint density at radius 2 is 2.03 bits per heavy atom. The number of carbonyl (C=O) groups is 1. The first kappa shape index (κ1) is 23.9. The fourth-order valence-corrected chi connectivity index (χ4v) is 3.49. The lowest BCUT2D eigenvalue weighted by Gasteiger charge is -2.35. The quantitative estimate of drug-likeness (QED) is 0.333. The third-order valence-electron chi connectivity index (χ3n) is 5.35. The van der Waals surface area contributed by atoms with E-state index in [1.807, 2.05) is 6.92 Å². The van der Waals surface area contributed by atoms with Gasteiger partial charge in [-0.05, 0) is 45.4 Å². The van der Waals surface area contributed by atoms with Crippen LogP contribution in [0.25, 0.3) is 0 Å². The summed E-state index contributed by atoms with van der Waals surface area (Å²) in [6.45, 7) is 7.74. The number of likely N-dealkylation sites (N-methyl/N-ethyl adjacent to an activating group) is 1. The number of ether oxygens (including phenoxy) is 3. The first-order valence-corrected chi connectivity index (χ1v) is 11.1. The fourth-order valence-electron chi connectivity index (χ4n) is 3.49. The lowest BCUT2D eigenvalue weighted by molar-refractivity contribution is -0.127. The average Bonchev–Trinajstić information content (AvgIpc) is 2.75. The van der Waals surface area contributed by atoms with Crippen molar-refractivity contribution in [2.24, 2.45) is 4.99 Å². The molecular weight excluding hydrogens is 372 g/mol. The average molecular weight is 413 g/mol. The van der Waals surface area contributed by atoms with E-state index in [0.717, 1.165) is 71.1 Å². The monoisotopic (exact) mass is 412 g/mol. The van der Waals surface area contributed by atoms with Gasteiger partial charge in [0.1, 0.15) is 6.54 Å². The molecule has 0 radical (unpaired) electrons. The summed E-state index contributed by atoms with van der Waals surface area (Å²) in [5, 5.41) is 3.41. The van der Waals surface area contributed by atoms with Crippen LogP contribution in [0.5, 0.6) is 0 Å². The summed E-state index contributed by atoms with van der Waals surface area (Å²) in [7, 11) is 3.51. The summed E-state index contributed by atoms with van der Waals surface area (Å²) < 4.78 is 17.3. The normalized spacial score (nSPS) is 21.3. The molecule has 1 N–H and O–H groups in total. The summed E-state index contributed by atoms with van der Waals surface area (Å²) in [6.07, 6.45) is 6.92. The Bertz CT molecular complexity index is 487. The topological polar surface area (TPSA) is 75.6 Å². The third-order valence-corrected chi connectivity index (χ3v) is 5.35. The molecule has 0 aliphatic carbocycles. The minimum absolute atomic E-state index is 0.00400. The van der Waals surface area contributed by atoms with Crippen molar-refractivity contribution < 1.29 is 19.0 Å². The highest BCUT2D eigenvalue weighted by molar-refractivity contribution is 5.84. The maximum absolute atomic E-state index is 12.0. The molecule has 168 valence electrons. The van der Waals surface area contributed by atoms with Crippen molar-refractivity contribution in [3.63, 3.8) is 0 Å². The maximum Gasteiger partial charge on any atom is 0.243 e. The summed E-state index contributed by atoms with van der Waals surface area (Å²) in [4.78, 5) is 20.3. The van der Waals surface area contributed by atoms with Crippen LogP contribution in [-0.4, -0.2) is 101 Å². The van der Waals surface area contributed by atoms with Crippen LogP contribution in [0.4, 0.5) is 0 Å². The Hall–Kier alpha value is -1.38. The number of carbonyl (C=O) groups excluding carboxylic acids is 1. The molecule has 2 rings (SSSR count). The second kappa shape index (κ2) is 13.8. The molecule has 0 aromatic carbocycles. The van der Waals surface area contributed by atoms with E-state index < -0.39 is 0 Å². The molecule has 2 heterocycles. The van der Waals surface area contributed by atoms with Crippen LogP contribution in [-0.2, 0) is 19.0 Å². The molecule has 0 aromatic heterocycles. The Labute approximate surface area is 175 Å². The van der Waals surface area contributed by atoms with Crippen molar-refractivity contribution >= 4 is 11.9 Å². The van der Waals surface area contributed by atoms with Crippen LogP contribution in [0, 0.1) is 0 Å². The zero-order valence-electron chi connectivity index (χ0n) is 18.5. The largest absolute Gasteiger partial charge is 0.382 e. The first-order chi connectivity index (χ1) is 14.1. The van der Waals surface area contributed by atoms with Crippen molar-refractivity contribution in [1.29, 1.82) is 0 Å². The van der Waals surface area contributed by atoms with Gasteiger partial charge >= 0.3 is 0 Å². The number of aliphatic imine (C=N–C) groups is 1. The third kappa shape index (κ3) is 9.31. The SMILES string of the molecule is CCOCCCNC(=NCC(=O)N(C)C)N1CCC(OCC2CCCCO2)CC1. The van der Waals surface area contributed by atoms with Crippen molar-refractivity contribution in [2.75, 3.05) is 66.7 Å². The molecule has 2 aliphatic rings. The van der Waals surface area contributed by atoms with Gasteiger partial charge < -0.3 is 29.3 Å². The van der Waals surface area contributed by atoms with Crippen molar-refractivity contribution in [3.8, 4) is 0 Å². The number of likely N-dealkylation sites (tertiary alicyclic amines) is 1. The highest BCUT2D eigenvalue weighted by Gasteiger charge is 2.24. The lowest BCUT2D eigenvalue weighted by Crippen LogP contribution is -2.48. The van der Waals surface area contributed by atoms with Crippen molar-refractivity contribution in [2.45, 2.75) is 57.7 Å². The number of nitrogens with zero attached hydrogens (tertiary/aromatic N) is 3. The van der Waals surface area contributed by atoms with Crippen LogP contribution in [0.1, 0.15) is 45.4 Å². The zero-order chi connectivity index (χ0) is 20.9. The maximum atomic E-state index is 12.0. The molecule has 2 saturated heterocycles. The highest BCUT2D eigenvalue weighted by atomic mass is 16.5. The standard InChI is InChI=1S/C21H40N4O4/c1-4-27-14-7-11-22-21(23-16-20(26)24(2)3)25-12-9-18(10-13-25)29-17-19-8-5-6-15-28-19/h18-19H,4-17H2,1-3H3,(H,22,23). The summed E-state index contributed by atoms with van der Waals surface area (Å²) >= 11 is 0. The minimum Gasteiger partial charge on any atom is -0.382 e. The summed E-state index contributed by atoms with van der Waals surface area (Å²) in [6, 6.07) is 0. The van der Waals surface area contributed by atoms with Gasteiger partial charge in [0.2, 0.25) is 5.91 Å². The summed E-state index contributed by atoms with van der Waals surface area (Å²) in [5.74, 6) is 0.815. The Balaban J connectivity index is 1.78. The van der Waals surface area contributed by atoms with Gasteiger partial charge in [0, 0.05) is 53.6 Å². The van der Waals surface area contributed by atoms with Gasteiger partial charge in [-0.2, -0.15) is 0 Å². The molecule has 2 aliphatic heterocycles. The van der Waals surface area contributed by atoms with E-state index >= 15 is 0 Å². The van der Waals surface area contributed by atoms with E-state index in [0.29, 0.717) is 6.61 Å². The first-order valence-electron chi connectivity index (χ1n) is 11.1. The molecule has 29 heavy (non-hydrogen) atoms. The molecule has 2 fully saturated rings. The zero-order valence-corrected chi connectivity index (χ0v) is 18.5. The molecule has 0 aromatic rings. The van der Waals surface area contributed by atoms with Crippen LogP contribution in [0.3, 0.4) is 0 Å². The number of nitrogens with one attached hydrogen (secondary N) is 1. The Morgan fingerprint density at radius 1 is 1.24 bits per heavy atom. The Kier molecular flexibility index (Phi) is 11.3. The molecular formula is C21H40N4O4. The van der Waals surface area contributed by atoms with E-state index in [2.05, 4.69) is 15.2 Å². The smallest absolute Gasteiger partial charge is 0.243 e. The summed E-state index contributed by atoms with van der Waals surface area (Å²) in [5.41, 5.74) is 0. The molecule has 1 amide bonds. The van der Waals surface area contributed by atoms with Crippen LogP contribution < -0.4 is 5.32 Å². The predicted octanol–water partition coefficient (Wildman–Crippen LogP) is 1.50. The fraction of sp³-hybridized carbons (Fsp3) is 0.905. The second-order valence-corrected chi connectivity index (χ2v) is 7.91. The molecule has 0 saturated carbocycles. The van der Waals surface area contributed by atoms with Gasteiger partial charge in [0.25, 0.3) is 0 Å². The van der Waals surface area contributed by atoms with E-state index in [4.69, 9.17) is 14.2 Å². The van der Waals surface area contributed by atoms with Crippen molar-refractivity contribution in [1.82, 2.24) is 15.1 Å². The molecule has 1 unspecified atom stereocenters. The number of piperidine rings is 1. The van der Waals surface area contributed by atoms with Crippen molar-refractivity contribution in [3.05, 3.63) is 0 Å². The molecule has 8 heteroatoms. The van der Waals surface area contributed by atoms with Gasteiger partial charge in [-0.15, -0.1) is 0 Å². The van der Waals surface area contributed by atoms with E-state index in [1.165, 1.54) is 12.8 Å². The number of hydrogen-bond acceptors (Lipinski definition) is 5. The molecule has 1 atom stereocenters. The van der Waals surface area contributed by atoms with Crippen LogP contribution >= 0.6 is 0 Å². The molecule has 0 bridgehead atoms. The number of guanidine groups is 1. The Morgan fingerprint density at radius 3 is 2.69 bits per heavy atom. The van der Waals surface area contributed by atoms with Crippen LogP contribution in [0.15, 0.2) is 4.99 Å². The molecule has 0 spiro atoms. The van der Waals surface area contributed by atoms with E-state index in [9.17, 15) is 4.79 Å². The number of hydrogen-bond donors (Lipinski definition) is 1. The van der Waals surface area contributed by atoms with Gasteiger partial charge in [-0.1, -0.05) is 0 Å². The van der Waals surface area contributed by atoms with E-state index in [-0.39, 0.29) is 24.7 Å². The predicted molar refractivity (Wildman–Crippen MR) is 114 cm³/mol. The number of rotatable bonds is 10. The van der Waals surface area contributed by atoms with Gasteiger partial charge in [0.15, 0.2) is 5.96 Å². The highest BCUT2D eigenvalue weighted by Crippen LogP contribution is 2.18. The lowest BCUT2D eigenvalue weighted by atomic mass is 10.1. The molecule has 8 nitrogen and oxygen atoms in total. The minimum atomic E-state index is 0.00400. The number of amides is 1. The van der Waals surface area contributed by atoms with Gasteiger partial charge in [-0.3, -0.25) is 4.79 Å².